The first kappa shape index (κ1) is 13.8. The molecule has 0 saturated carbocycles. The van der Waals surface area contributed by atoms with Crippen LogP contribution in [0.4, 0.5) is 8.78 Å². The predicted octanol–water partition coefficient (Wildman–Crippen LogP) is 2.69. The minimum atomic E-state index is -2.81. The summed E-state index contributed by atoms with van der Waals surface area (Å²) in [5.74, 6) is -2.60. The van der Waals surface area contributed by atoms with Crippen LogP contribution >= 0.6 is 11.6 Å². The van der Waals surface area contributed by atoms with E-state index in [1.807, 2.05) is 20.8 Å². The van der Waals surface area contributed by atoms with Crippen molar-refractivity contribution in [2.24, 2.45) is 0 Å². The molecule has 1 aliphatic rings. The lowest BCUT2D eigenvalue weighted by atomic mass is 9.90. The van der Waals surface area contributed by atoms with Gasteiger partial charge < -0.3 is 4.79 Å². The third kappa shape index (κ3) is 2.54. The van der Waals surface area contributed by atoms with Crippen molar-refractivity contribution in [2.45, 2.75) is 50.6 Å². The molecule has 0 aromatic heterocycles. The zero-order valence-corrected chi connectivity index (χ0v) is 10.7. The van der Waals surface area contributed by atoms with Gasteiger partial charge in [0.25, 0.3) is 5.92 Å². The van der Waals surface area contributed by atoms with Crippen molar-refractivity contribution in [3.63, 3.8) is 0 Å². The van der Waals surface area contributed by atoms with Crippen LogP contribution in [0.1, 0.15) is 33.6 Å². The molecule has 1 saturated heterocycles. The van der Waals surface area contributed by atoms with E-state index in [9.17, 15) is 13.6 Å². The predicted molar refractivity (Wildman–Crippen MR) is 60.2 cm³/mol. The molecule has 1 unspecified atom stereocenters. The fourth-order valence-corrected chi connectivity index (χ4v) is 2.77. The van der Waals surface area contributed by atoms with E-state index >= 15 is 0 Å². The van der Waals surface area contributed by atoms with Crippen LogP contribution < -0.4 is 0 Å². The molecule has 0 bridgehead atoms. The number of halogens is 3. The van der Waals surface area contributed by atoms with Gasteiger partial charge in [-0.2, -0.15) is 0 Å². The topological polar surface area (TPSA) is 20.3 Å². The Kier molecular flexibility index (Phi) is 3.65. The molecular formula is C11H18ClF2NO. The van der Waals surface area contributed by atoms with E-state index in [0.29, 0.717) is 6.29 Å². The largest absolute Gasteiger partial charge is 0.301 e. The number of hydrogen-bond donors (Lipinski definition) is 0. The molecule has 1 aliphatic heterocycles. The Morgan fingerprint density at radius 2 is 2.00 bits per heavy atom. The van der Waals surface area contributed by atoms with E-state index in [2.05, 4.69) is 0 Å². The molecule has 1 fully saturated rings. The molecule has 5 heteroatoms. The molecule has 0 N–H and O–H groups in total. The third-order valence-electron chi connectivity index (χ3n) is 3.05. The summed E-state index contributed by atoms with van der Waals surface area (Å²) in [6, 6.07) is 0. The van der Waals surface area contributed by atoms with Gasteiger partial charge in [-0.1, -0.05) is 0 Å². The second kappa shape index (κ2) is 4.22. The summed E-state index contributed by atoms with van der Waals surface area (Å²) in [5.41, 5.74) is -1.57. The van der Waals surface area contributed by atoms with Crippen LogP contribution in [-0.2, 0) is 4.79 Å². The summed E-state index contributed by atoms with van der Waals surface area (Å²) >= 11 is 5.63. The number of aldehydes is 1. The highest BCUT2D eigenvalue weighted by Gasteiger charge is 2.57. The van der Waals surface area contributed by atoms with Gasteiger partial charge in [0.05, 0.1) is 12.1 Å². The van der Waals surface area contributed by atoms with Crippen molar-refractivity contribution < 1.29 is 13.6 Å². The van der Waals surface area contributed by atoms with E-state index in [0.717, 1.165) is 0 Å². The van der Waals surface area contributed by atoms with E-state index in [-0.39, 0.29) is 18.8 Å². The summed E-state index contributed by atoms with van der Waals surface area (Å²) in [6.07, 6.45) is 0.486. The Bertz CT molecular complexity index is 278. The van der Waals surface area contributed by atoms with Gasteiger partial charge in [0.15, 0.2) is 0 Å². The van der Waals surface area contributed by atoms with Crippen LogP contribution in [-0.4, -0.2) is 40.6 Å². The molecule has 1 atom stereocenters. The molecule has 0 radical (unpaired) electrons. The Morgan fingerprint density at radius 3 is 2.38 bits per heavy atom. The van der Waals surface area contributed by atoms with Crippen LogP contribution in [0.5, 0.6) is 0 Å². The highest BCUT2D eigenvalue weighted by Crippen LogP contribution is 2.44. The van der Waals surface area contributed by atoms with Gasteiger partial charge in [0.1, 0.15) is 6.29 Å². The molecule has 0 amide bonds. The van der Waals surface area contributed by atoms with Crippen molar-refractivity contribution in [3.05, 3.63) is 0 Å². The van der Waals surface area contributed by atoms with Gasteiger partial charge in [-0.25, -0.2) is 8.78 Å². The average Bonchev–Trinajstić information content (AvgIpc) is 2.38. The van der Waals surface area contributed by atoms with Gasteiger partial charge in [-0.15, -0.1) is 11.6 Å². The van der Waals surface area contributed by atoms with Gasteiger partial charge in [0.2, 0.25) is 0 Å². The van der Waals surface area contributed by atoms with Crippen molar-refractivity contribution in [3.8, 4) is 0 Å². The first-order valence-electron chi connectivity index (χ1n) is 5.35. The number of nitrogens with zero attached hydrogens (tertiary/aromatic N) is 1. The maximum absolute atomic E-state index is 13.5. The average molecular weight is 254 g/mol. The maximum atomic E-state index is 13.5. The highest BCUT2D eigenvalue weighted by atomic mass is 35.5. The number of likely N-dealkylation sites (tertiary alicyclic amines) is 1. The van der Waals surface area contributed by atoms with Crippen molar-refractivity contribution in [1.82, 2.24) is 4.90 Å². The summed E-state index contributed by atoms with van der Waals surface area (Å²) in [6.45, 7) is 5.13. The zero-order valence-electron chi connectivity index (χ0n) is 9.90. The van der Waals surface area contributed by atoms with Gasteiger partial charge in [0, 0.05) is 17.8 Å². The smallest absolute Gasteiger partial charge is 0.262 e. The van der Waals surface area contributed by atoms with Crippen molar-refractivity contribution in [1.29, 1.82) is 0 Å². The fourth-order valence-electron chi connectivity index (χ4n) is 2.44. The monoisotopic (exact) mass is 253 g/mol. The first-order valence-corrected chi connectivity index (χ1v) is 5.88. The Morgan fingerprint density at radius 1 is 1.44 bits per heavy atom. The normalized spacial score (nSPS) is 30.6. The molecule has 94 valence electrons. The second-order valence-electron chi connectivity index (χ2n) is 5.45. The lowest BCUT2D eigenvalue weighted by Gasteiger charge is -2.42. The first-order chi connectivity index (χ1) is 7.17. The fraction of sp³-hybridized carbons (Fsp3) is 0.909. The van der Waals surface area contributed by atoms with Crippen molar-refractivity contribution in [2.75, 3.05) is 12.4 Å². The molecule has 0 aromatic carbocycles. The van der Waals surface area contributed by atoms with E-state index < -0.39 is 23.4 Å². The number of alkyl halides is 3. The van der Waals surface area contributed by atoms with Gasteiger partial charge >= 0.3 is 0 Å². The molecule has 2 nitrogen and oxygen atoms in total. The SMILES string of the molecule is CC(C)(C)N1CC(F)(F)CC1(C=O)CCCl. The highest BCUT2D eigenvalue weighted by molar-refractivity contribution is 6.18. The van der Waals surface area contributed by atoms with Crippen LogP contribution in [0.25, 0.3) is 0 Å². The summed E-state index contributed by atoms with van der Waals surface area (Å²) in [7, 11) is 0. The summed E-state index contributed by atoms with van der Waals surface area (Å²) in [5, 5.41) is 0. The zero-order chi connectivity index (χ0) is 12.6. The van der Waals surface area contributed by atoms with E-state index in [1.54, 1.807) is 4.90 Å². The molecule has 16 heavy (non-hydrogen) atoms. The molecule has 1 rings (SSSR count). The van der Waals surface area contributed by atoms with Gasteiger partial charge in [-0.3, -0.25) is 4.90 Å². The Hall–Kier alpha value is -0.220. The number of carbonyl (C=O) groups excluding carboxylic acids is 1. The summed E-state index contributed by atoms with van der Waals surface area (Å²) < 4.78 is 27.0. The third-order valence-corrected chi connectivity index (χ3v) is 3.24. The van der Waals surface area contributed by atoms with Gasteiger partial charge in [-0.05, 0) is 27.2 Å². The Labute approximate surface area is 99.9 Å². The number of hydrogen-bond acceptors (Lipinski definition) is 2. The minimum Gasteiger partial charge on any atom is -0.301 e. The Balaban J connectivity index is 3.08. The molecule has 1 heterocycles. The maximum Gasteiger partial charge on any atom is 0.262 e. The number of carbonyl (C=O) groups is 1. The lowest BCUT2D eigenvalue weighted by Crippen LogP contribution is -2.54. The quantitative estimate of drug-likeness (QED) is 0.569. The minimum absolute atomic E-state index is 0.210. The summed E-state index contributed by atoms with van der Waals surface area (Å²) in [4.78, 5) is 12.8. The van der Waals surface area contributed by atoms with E-state index in [1.165, 1.54) is 0 Å². The molecule has 0 aromatic rings. The van der Waals surface area contributed by atoms with Crippen LogP contribution in [0.3, 0.4) is 0 Å². The van der Waals surface area contributed by atoms with E-state index in [4.69, 9.17) is 11.6 Å². The standard InChI is InChI=1S/C11H18ClF2NO/c1-9(2,3)15-7-11(13,14)6-10(15,8-16)4-5-12/h8H,4-7H2,1-3H3. The second-order valence-corrected chi connectivity index (χ2v) is 5.83. The van der Waals surface area contributed by atoms with Crippen LogP contribution in [0, 0.1) is 0 Å². The lowest BCUT2D eigenvalue weighted by molar-refractivity contribution is -0.120. The van der Waals surface area contributed by atoms with Crippen LogP contribution in [0.2, 0.25) is 0 Å². The molecular weight excluding hydrogens is 236 g/mol. The van der Waals surface area contributed by atoms with Crippen molar-refractivity contribution >= 4 is 17.9 Å². The molecule has 0 aliphatic carbocycles. The molecule has 0 spiro atoms. The van der Waals surface area contributed by atoms with Crippen LogP contribution in [0.15, 0.2) is 0 Å². The number of rotatable bonds is 3.